The van der Waals surface area contributed by atoms with Gasteiger partial charge in [0.05, 0.1) is 29.4 Å². The SMILES string of the molecule is Fc1cc(CNCCCCOCCNc2nc(-c3ccncc3)cc3[nH]ncc23)cc(F)c1OC(F)(F)F. The van der Waals surface area contributed by atoms with E-state index in [0.29, 0.717) is 32.1 Å². The lowest BCUT2D eigenvalue weighted by Crippen LogP contribution is -2.20. The topological polar surface area (TPSA) is 97.0 Å². The fourth-order valence-corrected chi connectivity index (χ4v) is 3.71. The second kappa shape index (κ2) is 12.6. The minimum atomic E-state index is -5.17. The Morgan fingerprint density at radius 3 is 2.45 bits per heavy atom. The van der Waals surface area contributed by atoms with E-state index in [2.05, 4.69) is 30.6 Å². The fraction of sp³-hybridized carbons (Fsp3) is 0.320. The van der Waals surface area contributed by atoms with Crippen molar-refractivity contribution in [2.75, 3.05) is 31.6 Å². The first-order valence-electron chi connectivity index (χ1n) is 11.8. The van der Waals surface area contributed by atoms with Crippen molar-refractivity contribution in [2.24, 2.45) is 0 Å². The maximum atomic E-state index is 13.8. The van der Waals surface area contributed by atoms with Crippen LogP contribution in [0.25, 0.3) is 22.2 Å². The lowest BCUT2D eigenvalue weighted by Gasteiger charge is -2.12. The molecule has 0 spiro atoms. The van der Waals surface area contributed by atoms with Gasteiger partial charge in [-0.1, -0.05) is 0 Å². The summed E-state index contributed by atoms with van der Waals surface area (Å²) in [5.41, 5.74) is 2.76. The number of H-pyrrole nitrogens is 1. The number of hydrogen-bond acceptors (Lipinski definition) is 7. The zero-order valence-corrected chi connectivity index (χ0v) is 20.1. The van der Waals surface area contributed by atoms with Gasteiger partial charge in [-0.05, 0) is 55.3 Å². The molecule has 0 aliphatic carbocycles. The highest BCUT2D eigenvalue weighted by molar-refractivity contribution is 5.91. The summed E-state index contributed by atoms with van der Waals surface area (Å²) in [6.45, 7) is 2.14. The molecule has 0 fully saturated rings. The number of nitrogens with one attached hydrogen (secondary N) is 3. The van der Waals surface area contributed by atoms with Gasteiger partial charge in [0.2, 0.25) is 5.75 Å². The molecule has 0 amide bonds. The monoisotopic (exact) mass is 536 g/mol. The molecule has 0 atom stereocenters. The molecule has 8 nitrogen and oxygen atoms in total. The average Bonchev–Trinajstić information content (AvgIpc) is 3.36. The van der Waals surface area contributed by atoms with E-state index >= 15 is 0 Å². The normalized spacial score (nSPS) is 11.7. The molecule has 0 unspecified atom stereocenters. The van der Waals surface area contributed by atoms with Crippen LogP contribution >= 0.6 is 0 Å². The van der Waals surface area contributed by atoms with Crippen LogP contribution in [0.2, 0.25) is 0 Å². The first-order chi connectivity index (χ1) is 18.3. The summed E-state index contributed by atoms with van der Waals surface area (Å²) in [5.74, 6) is -3.58. The third-order valence-electron chi connectivity index (χ3n) is 5.45. The zero-order chi connectivity index (χ0) is 27.0. The van der Waals surface area contributed by atoms with E-state index in [1.54, 1.807) is 18.6 Å². The molecule has 0 bridgehead atoms. The number of hydrogen-bond donors (Lipinski definition) is 3. The Hall–Kier alpha value is -3.84. The third kappa shape index (κ3) is 7.59. The van der Waals surface area contributed by atoms with Gasteiger partial charge in [0.15, 0.2) is 11.6 Å². The Morgan fingerprint density at radius 1 is 0.947 bits per heavy atom. The summed E-state index contributed by atoms with van der Waals surface area (Å²) in [4.78, 5) is 8.73. The van der Waals surface area contributed by atoms with E-state index in [0.717, 1.165) is 47.1 Å². The standard InChI is InChI=1S/C25H25F5N6O2/c26-19-11-16(12-20(27)23(19)38-25(28,29)30)14-32-5-1-2-9-37-10-8-33-24-18-15-34-36-22(18)13-21(35-24)17-3-6-31-7-4-17/h3-4,6-7,11-13,15,32H,1-2,5,8-10,14H2,(H,33,35)(H,34,36). The van der Waals surface area contributed by atoms with Crippen LogP contribution in [-0.2, 0) is 11.3 Å². The number of halogens is 5. The number of alkyl halides is 3. The molecule has 0 radical (unpaired) electrons. The smallest absolute Gasteiger partial charge is 0.399 e. The highest BCUT2D eigenvalue weighted by atomic mass is 19.4. The first kappa shape index (κ1) is 27.2. The number of aromatic nitrogens is 4. The Bertz CT molecular complexity index is 1310. The van der Waals surface area contributed by atoms with Gasteiger partial charge in [-0.25, -0.2) is 13.8 Å². The van der Waals surface area contributed by atoms with Crippen molar-refractivity contribution < 1.29 is 31.4 Å². The molecule has 202 valence electrons. The van der Waals surface area contributed by atoms with Gasteiger partial charge in [-0.3, -0.25) is 10.1 Å². The number of rotatable bonds is 13. The summed E-state index contributed by atoms with van der Waals surface area (Å²) in [6.07, 6.45) is 1.43. The predicted molar refractivity (Wildman–Crippen MR) is 130 cm³/mol. The van der Waals surface area contributed by atoms with Gasteiger partial charge in [0.25, 0.3) is 0 Å². The predicted octanol–water partition coefficient (Wildman–Crippen LogP) is 5.20. The highest BCUT2D eigenvalue weighted by Gasteiger charge is 2.34. The zero-order valence-electron chi connectivity index (χ0n) is 20.1. The van der Waals surface area contributed by atoms with Crippen LogP contribution in [0.15, 0.2) is 48.9 Å². The number of benzene rings is 1. The molecule has 0 saturated heterocycles. The Kier molecular flexibility index (Phi) is 9.02. The second-order valence-corrected chi connectivity index (χ2v) is 8.28. The van der Waals surface area contributed by atoms with Crippen LogP contribution in [-0.4, -0.2) is 52.8 Å². The van der Waals surface area contributed by atoms with E-state index < -0.39 is 23.7 Å². The molecule has 38 heavy (non-hydrogen) atoms. The van der Waals surface area contributed by atoms with Gasteiger partial charge >= 0.3 is 6.36 Å². The quantitative estimate of drug-likeness (QED) is 0.160. The number of ether oxygens (including phenoxy) is 2. The molecule has 4 aromatic rings. The van der Waals surface area contributed by atoms with Crippen molar-refractivity contribution in [3.8, 4) is 17.0 Å². The lowest BCUT2D eigenvalue weighted by molar-refractivity contribution is -0.276. The van der Waals surface area contributed by atoms with Gasteiger partial charge in [-0.15, -0.1) is 13.2 Å². The molecular formula is C25H25F5N6O2. The van der Waals surface area contributed by atoms with Gasteiger partial charge in [-0.2, -0.15) is 5.10 Å². The van der Waals surface area contributed by atoms with Crippen molar-refractivity contribution in [3.05, 3.63) is 66.1 Å². The molecule has 0 aliphatic heterocycles. The van der Waals surface area contributed by atoms with Crippen LogP contribution in [0.4, 0.5) is 27.8 Å². The van der Waals surface area contributed by atoms with Crippen molar-refractivity contribution in [2.45, 2.75) is 25.7 Å². The number of fused-ring (bicyclic) bond motifs is 1. The minimum Gasteiger partial charge on any atom is -0.399 e. The van der Waals surface area contributed by atoms with E-state index in [9.17, 15) is 22.0 Å². The van der Waals surface area contributed by atoms with E-state index in [-0.39, 0.29) is 12.1 Å². The van der Waals surface area contributed by atoms with Crippen LogP contribution in [0.5, 0.6) is 5.75 Å². The van der Waals surface area contributed by atoms with Crippen molar-refractivity contribution >= 4 is 16.7 Å². The van der Waals surface area contributed by atoms with Gasteiger partial charge in [0.1, 0.15) is 5.82 Å². The second-order valence-electron chi connectivity index (χ2n) is 8.28. The summed E-state index contributed by atoms with van der Waals surface area (Å²) in [7, 11) is 0. The largest absolute Gasteiger partial charge is 0.573 e. The van der Waals surface area contributed by atoms with Crippen molar-refractivity contribution in [1.29, 1.82) is 0 Å². The number of nitrogens with zero attached hydrogens (tertiary/aromatic N) is 3. The van der Waals surface area contributed by atoms with E-state index in [1.807, 2.05) is 18.2 Å². The third-order valence-corrected chi connectivity index (χ3v) is 5.45. The number of anilines is 1. The molecule has 0 aliphatic rings. The first-order valence-corrected chi connectivity index (χ1v) is 11.8. The molecule has 4 rings (SSSR count). The van der Waals surface area contributed by atoms with Crippen LogP contribution < -0.4 is 15.4 Å². The van der Waals surface area contributed by atoms with Gasteiger partial charge < -0.3 is 20.1 Å². The Balaban J connectivity index is 1.13. The number of unbranched alkanes of at least 4 members (excludes halogenated alkanes) is 1. The molecule has 1 aromatic carbocycles. The lowest BCUT2D eigenvalue weighted by atomic mass is 10.1. The van der Waals surface area contributed by atoms with Crippen molar-refractivity contribution in [1.82, 2.24) is 25.5 Å². The highest BCUT2D eigenvalue weighted by Crippen LogP contribution is 2.29. The summed E-state index contributed by atoms with van der Waals surface area (Å²) in [6, 6.07) is 7.31. The Morgan fingerprint density at radius 2 is 1.71 bits per heavy atom. The number of pyridine rings is 2. The summed E-state index contributed by atoms with van der Waals surface area (Å²) < 4.78 is 73.2. The van der Waals surface area contributed by atoms with Crippen LogP contribution in [0.1, 0.15) is 18.4 Å². The van der Waals surface area contributed by atoms with Gasteiger partial charge in [0, 0.05) is 37.7 Å². The van der Waals surface area contributed by atoms with Crippen molar-refractivity contribution in [3.63, 3.8) is 0 Å². The molecular weight excluding hydrogens is 511 g/mol. The average molecular weight is 537 g/mol. The van der Waals surface area contributed by atoms with Crippen LogP contribution in [0.3, 0.4) is 0 Å². The molecule has 0 saturated carbocycles. The molecule has 3 N–H and O–H groups in total. The number of aromatic amines is 1. The van der Waals surface area contributed by atoms with Crippen LogP contribution in [0, 0.1) is 11.6 Å². The molecule has 13 heteroatoms. The fourth-order valence-electron chi connectivity index (χ4n) is 3.71. The summed E-state index contributed by atoms with van der Waals surface area (Å²) in [5, 5.41) is 14.2. The maximum Gasteiger partial charge on any atom is 0.573 e. The molecule has 3 heterocycles. The minimum absolute atomic E-state index is 0.0962. The Labute approximate surface area is 214 Å². The summed E-state index contributed by atoms with van der Waals surface area (Å²) >= 11 is 0. The van der Waals surface area contributed by atoms with E-state index in [1.165, 1.54) is 0 Å². The molecule has 3 aromatic heterocycles. The maximum absolute atomic E-state index is 13.8. The van der Waals surface area contributed by atoms with E-state index in [4.69, 9.17) is 9.72 Å².